The van der Waals surface area contributed by atoms with Gasteiger partial charge in [0.25, 0.3) is 0 Å². The van der Waals surface area contributed by atoms with Gasteiger partial charge in [0.15, 0.2) is 0 Å². The zero-order chi connectivity index (χ0) is 10.8. The first-order valence-electron chi connectivity index (χ1n) is 5.34. The van der Waals surface area contributed by atoms with Crippen molar-refractivity contribution in [2.75, 3.05) is 0 Å². The van der Waals surface area contributed by atoms with Crippen LogP contribution in [0.15, 0.2) is 24.3 Å². The van der Waals surface area contributed by atoms with Crippen molar-refractivity contribution in [2.24, 2.45) is 0 Å². The quantitative estimate of drug-likeness (QED) is 0.830. The first-order valence-corrected chi connectivity index (χ1v) is 5.34. The summed E-state index contributed by atoms with van der Waals surface area (Å²) in [6.45, 7) is 4.78. The van der Waals surface area contributed by atoms with Gasteiger partial charge in [-0.25, -0.2) is 4.98 Å². The van der Waals surface area contributed by atoms with Gasteiger partial charge in [-0.15, -0.1) is 0 Å². The van der Waals surface area contributed by atoms with Gasteiger partial charge in [0.2, 0.25) is 0 Å². The minimum atomic E-state index is -0.341. The van der Waals surface area contributed by atoms with Crippen molar-refractivity contribution in [2.45, 2.75) is 32.9 Å². The van der Waals surface area contributed by atoms with Gasteiger partial charge in [-0.3, -0.25) is 0 Å². The number of aryl methyl sites for hydroxylation is 1. The Kier molecular flexibility index (Phi) is 2.73. The molecule has 1 atom stereocenters. The molecule has 0 saturated carbocycles. The van der Waals surface area contributed by atoms with Crippen LogP contribution in [0.5, 0.6) is 0 Å². The first kappa shape index (κ1) is 10.2. The average Bonchev–Trinajstić information content (AvgIpc) is 2.53. The van der Waals surface area contributed by atoms with Crippen LogP contribution in [-0.4, -0.2) is 20.8 Å². The van der Waals surface area contributed by atoms with Gasteiger partial charge in [-0.1, -0.05) is 12.1 Å². The van der Waals surface area contributed by atoms with Gasteiger partial charge >= 0.3 is 0 Å². The fourth-order valence-electron chi connectivity index (χ4n) is 1.90. The van der Waals surface area contributed by atoms with Crippen LogP contribution in [0.2, 0.25) is 0 Å². The maximum atomic E-state index is 9.40. The lowest BCUT2D eigenvalue weighted by Crippen LogP contribution is -2.10. The molecule has 0 saturated heterocycles. The Hall–Kier alpha value is -1.35. The van der Waals surface area contributed by atoms with Gasteiger partial charge in [-0.2, -0.15) is 0 Å². The minimum Gasteiger partial charge on any atom is -0.393 e. The van der Waals surface area contributed by atoms with E-state index in [1.54, 1.807) is 6.92 Å². The molecule has 2 rings (SSSR count). The van der Waals surface area contributed by atoms with Crippen LogP contribution < -0.4 is 0 Å². The van der Waals surface area contributed by atoms with Gasteiger partial charge in [0, 0.05) is 13.0 Å². The van der Waals surface area contributed by atoms with Gasteiger partial charge in [-0.05, 0) is 26.0 Å². The number of aromatic nitrogens is 2. The highest BCUT2D eigenvalue weighted by atomic mass is 16.3. The lowest BCUT2D eigenvalue weighted by Gasteiger charge is -2.07. The highest BCUT2D eigenvalue weighted by Gasteiger charge is 2.10. The highest BCUT2D eigenvalue weighted by Crippen LogP contribution is 2.16. The van der Waals surface area contributed by atoms with Crippen molar-refractivity contribution in [3.8, 4) is 0 Å². The second kappa shape index (κ2) is 4.03. The van der Waals surface area contributed by atoms with Crippen molar-refractivity contribution in [1.29, 1.82) is 0 Å². The Labute approximate surface area is 89.4 Å². The van der Waals surface area contributed by atoms with E-state index in [0.717, 1.165) is 23.4 Å². The Morgan fingerprint density at radius 3 is 2.80 bits per heavy atom. The zero-order valence-electron chi connectivity index (χ0n) is 9.14. The predicted octanol–water partition coefficient (Wildman–Crippen LogP) is 1.98. The number of benzene rings is 1. The molecular weight excluding hydrogens is 188 g/mol. The highest BCUT2D eigenvalue weighted by molar-refractivity contribution is 5.75. The first-order chi connectivity index (χ1) is 7.22. The summed E-state index contributed by atoms with van der Waals surface area (Å²) in [5.41, 5.74) is 2.16. The summed E-state index contributed by atoms with van der Waals surface area (Å²) in [4.78, 5) is 4.53. The fraction of sp³-hybridized carbons (Fsp3) is 0.417. The number of aliphatic hydroxyl groups excluding tert-OH is 1. The van der Waals surface area contributed by atoms with E-state index in [4.69, 9.17) is 0 Å². The second-order valence-electron chi connectivity index (χ2n) is 3.81. The number of nitrogens with zero attached hydrogens (tertiary/aromatic N) is 2. The molecule has 3 heteroatoms. The van der Waals surface area contributed by atoms with Crippen molar-refractivity contribution >= 4 is 11.0 Å². The van der Waals surface area contributed by atoms with Crippen molar-refractivity contribution in [1.82, 2.24) is 9.55 Å². The molecule has 0 spiro atoms. The molecule has 1 aromatic heterocycles. The monoisotopic (exact) mass is 204 g/mol. The number of para-hydroxylation sites is 2. The van der Waals surface area contributed by atoms with E-state index in [2.05, 4.69) is 22.5 Å². The normalized spacial score (nSPS) is 13.3. The lowest BCUT2D eigenvalue weighted by molar-refractivity contribution is 0.191. The van der Waals surface area contributed by atoms with E-state index in [0.29, 0.717) is 6.42 Å². The largest absolute Gasteiger partial charge is 0.393 e. The van der Waals surface area contributed by atoms with E-state index in [-0.39, 0.29) is 6.10 Å². The van der Waals surface area contributed by atoms with Crippen molar-refractivity contribution in [3.63, 3.8) is 0 Å². The third-order valence-electron chi connectivity index (χ3n) is 2.53. The van der Waals surface area contributed by atoms with Crippen LogP contribution in [0, 0.1) is 0 Å². The summed E-state index contributed by atoms with van der Waals surface area (Å²) in [6.07, 6.45) is 0.273. The lowest BCUT2D eigenvalue weighted by atomic mass is 10.3. The van der Waals surface area contributed by atoms with Gasteiger partial charge < -0.3 is 9.67 Å². The maximum absolute atomic E-state index is 9.40. The summed E-state index contributed by atoms with van der Waals surface area (Å²) >= 11 is 0. The molecular formula is C12H16N2O. The number of fused-ring (bicyclic) bond motifs is 1. The maximum Gasteiger partial charge on any atom is 0.112 e. The smallest absolute Gasteiger partial charge is 0.112 e. The number of hydrogen-bond donors (Lipinski definition) is 1. The zero-order valence-corrected chi connectivity index (χ0v) is 9.14. The molecule has 80 valence electrons. The van der Waals surface area contributed by atoms with E-state index < -0.39 is 0 Å². The molecule has 0 aliphatic rings. The third kappa shape index (κ3) is 1.88. The molecule has 0 aliphatic carbocycles. The number of rotatable bonds is 3. The van der Waals surface area contributed by atoms with Crippen molar-refractivity contribution in [3.05, 3.63) is 30.1 Å². The second-order valence-corrected chi connectivity index (χ2v) is 3.81. The molecule has 1 unspecified atom stereocenters. The molecule has 1 N–H and O–H groups in total. The number of imidazole rings is 1. The van der Waals surface area contributed by atoms with E-state index >= 15 is 0 Å². The molecule has 1 aromatic carbocycles. The molecule has 3 nitrogen and oxygen atoms in total. The molecule has 0 amide bonds. The number of aliphatic hydroxyl groups is 1. The SMILES string of the molecule is CCn1c(CC(C)O)nc2ccccc21. The summed E-state index contributed by atoms with van der Waals surface area (Å²) < 4.78 is 2.15. The summed E-state index contributed by atoms with van der Waals surface area (Å²) in [6, 6.07) is 8.08. The van der Waals surface area contributed by atoms with Crippen LogP contribution >= 0.6 is 0 Å². The molecule has 2 aromatic rings. The Morgan fingerprint density at radius 2 is 2.13 bits per heavy atom. The minimum absolute atomic E-state index is 0.341. The third-order valence-corrected chi connectivity index (χ3v) is 2.53. The fourth-order valence-corrected chi connectivity index (χ4v) is 1.90. The average molecular weight is 204 g/mol. The molecule has 1 heterocycles. The van der Waals surface area contributed by atoms with E-state index in [1.165, 1.54) is 0 Å². The Bertz CT molecular complexity index is 460. The van der Waals surface area contributed by atoms with Crippen LogP contribution in [-0.2, 0) is 13.0 Å². The molecule has 0 radical (unpaired) electrons. The summed E-state index contributed by atoms with van der Waals surface area (Å²) in [7, 11) is 0. The van der Waals surface area contributed by atoms with Crippen LogP contribution in [0.1, 0.15) is 19.7 Å². The standard InChI is InChI=1S/C12H16N2O/c1-3-14-11-7-5-4-6-10(11)13-12(14)8-9(2)15/h4-7,9,15H,3,8H2,1-2H3. The van der Waals surface area contributed by atoms with Gasteiger partial charge in [0.1, 0.15) is 5.82 Å². The molecule has 0 bridgehead atoms. The number of hydrogen-bond acceptors (Lipinski definition) is 2. The molecule has 0 aliphatic heterocycles. The molecule has 0 fully saturated rings. The van der Waals surface area contributed by atoms with Crippen LogP contribution in [0.4, 0.5) is 0 Å². The predicted molar refractivity (Wildman–Crippen MR) is 60.8 cm³/mol. The molecule has 15 heavy (non-hydrogen) atoms. The topological polar surface area (TPSA) is 38.0 Å². The summed E-state index contributed by atoms with van der Waals surface area (Å²) in [5, 5.41) is 9.40. The van der Waals surface area contributed by atoms with E-state index in [9.17, 15) is 5.11 Å². The van der Waals surface area contributed by atoms with Crippen molar-refractivity contribution < 1.29 is 5.11 Å². The van der Waals surface area contributed by atoms with Crippen LogP contribution in [0.25, 0.3) is 11.0 Å². The van der Waals surface area contributed by atoms with E-state index in [1.807, 2.05) is 18.2 Å². The van der Waals surface area contributed by atoms with Gasteiger partial charge in [0.05, 0.1) is 17.1 Å². The Balaban J connectivity index is 2.54. The van der Waals surface area contributed by atoms with Crippen LogP contribution in [0.3, 0.4) is 0 Å². The Morgan fingerprint density at radius 1 is 1.40 bits per heavy atom. The summed E-state index contributed by atoms with van der Waals surface area (Å²) in [5.74, 6) is 0.966.